The molecule has 0 saturated carbocycles. The molecule has 3 heteroatoms. The molecular weight excluding hydrogens is 230 g/mol. The molecule has 0 radical (unpaired) electrons. The van der Waals surface area contributed by atoms with Gasteiger partial charge in [0, 0.05) is 17.3 Å². The Bertz CT molecular complexity index is 494. The Morgan fingerprint density at radius 2 is 2.12 bits per heavy atom. The van der Waals surface area contributed by atoms with Gasteiger partial charge in [-0.3, -0.25) is 0 Å². The largest absolute Gasteiger partial charge is 0.383 e. The van der Waals surface area contributed by atoms with E-state index in [9.17, 15) is 0 Å². The normalized spacial score (nSPS) is 15.0. The van der Waals surface area contributed by atoms with E-state index in [1.165, 1.54) is 15.6 Å². The molecule has 2 N–H and O–H groups in total. The first-order valence-electron chi connectivity index (χ1n) is 5.91. The van der Waals surface area contributed by atoms with Gasteiger partial charge < -0.3 is 10.5 Å². The van der Waals surface area contributed by atoms with Gasteiger partial charge in [0.25, 0.3) is 0 Å². The Morgan fingerprint density at radius 1 is 1.35 bits per heavy atom. The summed E-state index contributed by atoms with van der Waals surface area (Å²) in [6, 6.07) is 8.49. The summed E-state index contributed by atoms with van der Waals surface area (Å²) in [6.07, 6.45) is 1.80. The van der Waals surface area contributed by atoms with Crippen LogP contribution >= 0.6 is 11.3 Å². The molecule has 92 valence electrons. The first-order valence-corrected chi connectivity index (χ1v) is 6.79. The second-order valence-corrected chi connectivity index (χ2v) is 5.49. The number of hydrogen-bond acceptors (Lipinski definition) is 3. The van der Waals surface area contributed by atoms with Gasteiger partial charge in [0.2, 0.25) is 0 Å². The standard InChI is InChI=1S/C14H19NOS/c1-3-14(15,10-16-2)8-11-9-17-13-7-5-4-6-12(11)13/h4-7,9H,3,8,10,15H2,1-2H3. The lowest BCUT2D eigenvalue weighted by molar-refractivity contribution is 0.129. The third kappa shape index (κ3) is 2.68. The monoisotopic (exact) mass is 249 g/mol. The second kappa shape index (κ2) is 5.17. The Morgan fingerprint density at radius 3 is 2.82 bits per heavy atom. The minimum Gasteiger partial charge on any atom is -0.383 e. The van der Waals surface area contributed by atoms with Crippen molar-refractivity contribution < 1.29 is 4.74 Å². The highest BCUT2D eigenvalue weighted by atomic mass is 32.1. The molecule has 0 aliphatic heterocycles. The van der Waals surface area contributed by atoms with Crippen molar-refractivity contribution >= 4 is 21.4 Å². The SMILES string of the molecule is CCC(N)(COC)Cc1csc2ccccc12. The topological polar surface area (TPSA) is 35.2 Å². The zero-order chi connectivity index (χ0) is 12.3. The van der Waals surface area contributed by atoms with Crippen molar-refractivity contribution in [2.45, 2.75) is 25.3 Å². The highest BCUT2D eigenvalue weighted by Crippen LogP contribution is 2.28. The lowest BCUT2D eigenvalue weighted by atomic mass is 9.90. The Balaban J connectivity index is 2.28. The van der Waals surface area contributed by atoms with Gasteiger partial charge >= 0.3 is 0 Å². The number of nitrogens with two attached hydrogens (primary N) is 1. The first kappa shape index (κ1) is 12.6. The molecule has 1 atom stereocenters. The first-order chi connectivity index (χ1) is 8.18. The fourth-order valence-electron chi connectivity index (χ4n) is 2.11. The van der Waals surface area contributed by atoms with Gasteiger partial charge in [0.15, 0.2) is 0 Å². The van der Waals surface area contributed by atoms with Gasteiger partial charge in [0.05, 0.1) is 6.61 Å². The third-order valence-electron chi connectivity index (χ3n) is 3.24. The molecule has 2 nitrogen and oxygen atoms in total. The van der Waals surface area contributed by atoms with Crippen LogP contribution in [-0.2, 0) is 11.2 Å². The Labute approximate surface area is 106 Å². The molecule has 1 heterocycles. The fourth-order valence-corrected chi connectivity index (χ4v) is 3.08. The summed E-state index contributed by atoms with van der Waals surface area (Å²) in [5.41, 5.74) is 7.46. The fraction of sp³-hybridized carbons (Fsp3) is 0.429. The molecule has 0 fully saturated rings. The van der Waals surface area contributed by atoms with Crippen LogP contribution in [0.15, 0.2) is 29.6 Å². The zero-order valence-corrected chi connectivity index (χ0v) is 11.2. The number of ether oxygens (including phenoxy) is 1. The summed E-state index contributed by atoms with van der Waals surface area (Å²) in [7, 11) is 1.71. The molecule has 0 bridgehead atoms. The highest BCUT2D eigenvalue weighted by Gasteiger charge is 2.24. The molecule has 0 aliphatic rings. The van der Waals surface area contributed by atoms with E-state index in [0.717, 1.165) is 12.8 Å². The maximum atomic E-state index is 6.37. The maximum Gasteiger partial charge on any atom is 0.0645 e. The lowest BCUT2D eigenvalue weighted by Crippen LogP contribution is -2.45. The van der Waals surface area contributed by atoms with Crippen LogP contribution in [0.4, 0.5) is 0 Å². The van der Waals surface area contributed by atoms with Gasteiger partial charge in [-0.05, 0) is 35.2 Å². The molecule has 17 heavy (non-hydrogen) atoms. The van der Waals surface area contributed by atoms with Crippen LogP contribution in [0.1, 0.15) is 18.9 Å². The maximum absolute atomic E-state index is 6.37. The lowest BCUT2D eigenvalue weighted by Gasteiger charge is -2.27. The number of rotatable bonds is 5. The molecule has 2 rings (SSSR count). The molecule has 2 aromatic rings. The molecule has 0 saturated heterocycles. The smallest absolute Gasteiger partial charge is 0.0645 e. The minimum absolute atomic E-state index is 0.251. The average Bonchev–Trinajstić information content (AvgIpc) is 2.73. The number of fused-ring (bicyclic) bond motifs is 1. The van der Waals surface area contributed by atoms with Crippen molar-refractivity contribution in [1.82, 2.24) is 0 Å². The van der Waals surface area contributed by atoms with Crippen LogP contribution in [-0.4, -0.2) is 19.3 Å². The number of benzene rings is 1. The van der Waals surface area contributed by atoms with Crippen molar-refractivity contribution in [3.8, 4) is 0 Å². The van der Waals surface area contributed by atoms with E-state index in [-0.39, 0.29) is 5.54 Å². The van der Waals surface area contributed by atoms with E-state index in [1.807, 2.05) is 0 Å². The van der Waals surface area contributed by atoms with Crippen molar-refractivity contribution in [2.24, 2.45) is 5.73 Å². The van der Waals surface area contributed by atoms with Gasteiger partial charge in [0.1, 0.15) is 0 Å². The van der Waals surface area contributed by atoms with Gasteiger partial charge in [-0.15, -0.1) is 11.3 Å². The molecular formula is C14H19NOS. The Hall–Kier alpha value is -0.900. The van der Waals surface area contributed by atoms with Crippen molar-refractivity contribution in [1.29, 1.82) is 0 Å². The Kier molecular flexibility index (Phi) is 3.82. The van der Waals surface area contributed by atoms with E-state index >= 15 is 0 Å². The van der Waals surface area contributed by atoms with Crippen LogP contribution < -0.4 is 5.73 Å². The van der Waals surface area contributed by atoms with Gasteiger partial charge in [-0.25, -0.2) is 0 Å². The van der Waals surface area contributed by atoms with Crippen LogP contribution in [0.2, 0.25) is 0 Å². The third-order valence-corrected chi connectivity index (χ3v) is 4.25. The molecule has 1 aromatic carbocycles. The minimum atomic E-state index is -0.251. The second-order valence-electron chi connectivity index (χ2n) is 4.58. The number of methoxy groups -OCH3 is 1. The van der Waals surface area contributed by atoms with Crippen molar-refractivity contribution in [3.05, 3.63) is 35.2 Å². The summed E-state index contributed by atoms with van der Waals surface area (Å²) < 4.78 is 6.57. The molecule has 1 unspecified atom stereocenters. The number of hydrogen-bond donors (Lipinski definition) is 1. The van der Waals surface area contributed by atoms with Crippen LogP contribution in [0.25, 0.3) is 10.1 Å². The van der Waals surface area contributed by atoms with E-state index in [1.54, 1.807) is 18.4 Å². The van der Waals surface area contributed by atoms with E-state index < -0.39 is 0 Å². The predicted molar refractivity (Wildman–Crippen MR) is 74.6 cm³/mol. The highest BCUT2D eigenvalue weighted by molar-refractivity contribution is 7.17. The van der Waals surface area contributed by atoms with Crippen LogP contribution in [0, 0.1) is 0 Å². The summed E-state index contributed by atoms with van der Waals surface area (Å²) in [5.74, 6) is 0. The van der Waals surface area contributed by atoms with Crippen molar-refractivity contribution in [3.63, 3.8) is 0 Å². The van der Waals surface area contributed by atoms with Crippen molar-refractivity contribution in [2.75, 3.05) is 13.7 Å². The molecule has 1 aromatic heterocycles. The zero-order valence-electron chi connectivity index (χ0n) is 10.4. The van der Waals surface area contributed by atoms with Gasteiger partial charge in [-0.1, -0.05) is 25.1 Å². The molecule has 0 amide bonds. The van der Waals surface area contributed by atoms with E-state index in [0.29, 0.717) is 6.61 Å². The van der Waals surface area contributed by atoms with Gasteiger partial charge in [-0.2, -0.15) is 0 Å². The van der Waals surface area contributed by atoms with E-state index in [4.69, 9.17) is 10.5 Å². The number of thiophene rings is 1. The molecule has 0 aliphatic carbocycles. The summed E-state index contributed by atoms with van der Waals surface area (Å²) in [4.78, 5) is 0. The van der Waals surface area contributed by atoms with Crippen LogP contribution in [0.3, 0.4) is 0 Å². The molecule has 0 spiro atoms. The predicted octanol–water partition coefficient (Wildman–Crippen LogP) is 3.20. The van der Waals surface area contributed by atoms with Crippen LogP contribution in [0.5, 0.6) is 0 Å². The van der Waals surface area contributed by atoms with E-state index in [2.05, 4.69) is 36.6 Å². The summed E-state index contributed by atoms with van der Waals surface area (Å²) >= 11 is 1.79. The summed E-state index contributed by atoms with van der Waals surface area (Å²) in [6.45, 7) is 2.72. The average molecular weight is 249 g/mol. The summed E-state index contributed by atoms with van der Waals surface area (Å²) in [5, 5.41) is 3.55. The quantitative estimate of drug-likeness (QED) is 0.883.